The number of hydrogen-bond acceptors (Lipinski definition) is 6. The van der Waals surface area contributed by atoms with Crippen LogP contribution in [0.1, 0.15) is 12.8 Å². The topological polar surface area (TPSA) is 97.4 Å². The van der Waals surface area contributed by atoms with Crippen LogP contribution >= 0.6 is 15.9 Å². The summed E-state index contributed by atoms with van der Waals surface area (Å²) in [5.74, 6) is 0.616. The number of amides is 1. The number of nitrogens with zero attached hydrogens (tertiary/aromatic N) is 6. The maximum Gasteiger partial charge on any atom is 0.247 e. The Labute approximate surface area is 157 Å². The molecule has 0 bridgehead atoms. The van der Waals surface area contributed by atoms with Gasteiger partial charge in [-0.25, -0.2) is 4.52 Å². The molecule has 0 spiro atoms. The fourth-order valence-corrected chi connectivity index (χ4v) is 3.24. The number of rotatable bonds is 4. The molecule has 26 heavy (non-hydrogen) atoms. The van der Waals surface area contributed by atoms with Crippen LogP contribution in [0.15, 0.2) is 35.2 Å². The van der Waals surface area contributed by atoms with Gasteiger partial charge in [-0.15, -0.1) is 5.10 Å². The fourth-order valence-electron chi connectivity index (χ4n) is 2.81. The minimum atomic E-state index is -0.0399. The number of carbonyl (C=O) groups excluding carboxylic acids is 2. The average molecular weight is 418 g/mol. The summed E-state index contributed by atoms with van der Waals surface area (Å²) in [6.07, 6.45) is 6.03. The molecule has 1 fully saturated rings. The summed E-state index contributed by atoms with van der Waals surface area (Å²) in [5, 5.41) is 11.6. The van der Waals surface area contributed by atoms with E-state index < -0.39 is 0 Å². The Hall–Kier alpha value is -2.75. The van der Waals surface area contributed by atoms with Gasteiger partial charge in [0, 0.05) is 38.3 Å². The number of hydrogen-bond donors (Lipinski definition) is 1. The maximum absolute atomic E-state index is 12.3. The molecule has 3 aromatic heterocycles. The van der Waals surface area contributed by atoms with Gasteiger partial charge in [-0.1, -0.05) is 0 Å². The Kier molecular flexibility index (Phi) is 4.41. The summed E-state index contributed by atoms with van der Waals surface area (Å²) in [7, 11) is 0. The molecule has 134 valence electrons. The summed E-state index contributed by atoms with van der Waals surface area (Å²) in [5.41, 5.74) is 1.40. The van der Waals surface area contributed by atoms with Crippen LogP contribution in [0.4, 0.5) is 11.6 Å². The first kappa shape index (κ1) is 16.7. The molecule has 0 radical (unpaired) electrons. The van der Waals surface area contributed by atoms with Crippen LogP contribution < -0.4 is 5.32 Å². The van der Waals surface area contributed by atoms with E-state index in [0.717, 1.165) is 4.47 Å². The van der Waals surface area contributed by atoms with E-state index in [4.69, 9.17) is 0 Å². The van der Waals surface area contributed by atoms with Gasteiger partial charge in [-0.3, -0.25) is 14.3 Å². The molecule has 9 nitrogen and oxygen atoms in total. The number of ketones is 1. The van der Waals surface area contributed by atoms with E-state index in [1.165, 1.54) is 0 Å². The van der Waals surface area contributed by atoms with Crippen molar-refractivity contribution >= 4 is 44.9 Å². The first-order chi connectivity index (χ1) is 12.6. The molecule has 4 heterocycles. The maximum atomic E-state index is 12.3. The summed E-state index contributed by atoms with van der Waals surface area (Å²) in [4.78, 5) is 29.7. The molecule has 1 aliphatic rings. The van der Waals surface area contributed by atoms with E-state index in [9.17, 15) is 9.59 Å². The van der Waals surface area contributed by atoms with Crippen molar-refractivity contribution in [3.05, 3.63) is 35.2 Å². The second-order valence-corrected chi connectivity index (χ2v) is 6.89. The third-order valence-electron chi connectivity index (χ3n) is 4.18. The van der Waals surface area contributed by atoms with Gasteiger partial charge in [0.2, 0.25) is 11.9 Å². The molecule has 0 saturated carbocycles. The number of aromatic nitrogens is 5. The van der Waals surface area contributed by atoms with Gasteiger partial charge < -0.3 is 10.2 Å². The van der Waals surface area contributed by atoms with Crippen LogP contribution in [-0.2, 0) is 16.1 Å². The molecular weight excluding hydrogens is 402 g/mol. The lowest BCUT2D eigenvalue weighted by Gasteiger charge is -2.25. The second-order valence-electron chi connectivity index (χ2n) is 6.03. The molecule has 1 amide bonds. The fraction of sp³-hybridized carbons (Fsp3) is 0.312. The van der Waals surface area contributed by atoms with Gasteiger partial charge in [0.15, 0.2) is 5.65 Å². The summed E-state index contributed by atoms with van der Waals surface area (Å²) < 4.78 is 4.08. The van der Waals surface area contributed by atoms with E-state index in [1.54, 1.807) is 26.5 Å². The SMILES string of the molecule is O=C1CCN(C(=O)Cn2cc(Nc3nc4c(Br)cccn4n3)cn2)CC1. The first-order valence-electron chi connectivity index (χ1n) is 8.18. The van der Waals surface area contributed by atoms with Crippen molar-refractivity contribution in [1.29, 1.82) is 0 Å². The minimum Gasteiger partial charge on any atom is -0.340 e. The molecule has 0 atom stereocenters. The molecule has 10 heteroatoms. The number of nitrogens with one attached hydrogen (secondary N) is 1. The molecule has 0 aromatic carbocycles. The predicted molar refractivity (Wildman–Crippen MR) is 97.0 cm³/mol. The lowest BCUT2D eigenvalue weighted by molar-refractivity contribution is -0.135. The van der Waals surface area contributed by atoms with Gasteiger partial charge >= 0.3 is 0 Å². The number of likely N-dealkylation sites (tertiary alicyclic amines) is 1. The Morgan fingerprint density at radius 1 is 1.31 bits per heavy atom. The van der Waals surface area contributed by atoms with Crippen molar-refractivity contribution < 1.29 is 9.59 Å². The number of halogens is 1. The number of piperidine rings is 1. The van der Waals surface area contributed by atoms with Gasteiger partial charge in [0.1, 0.15) is 12.3 Å². The van der Waals surface area contributed by atoms with E-state index in [-0.39, 0.29) is 18.2 Å². The highest BCUT2D eigenvalue weighted by Gasteiger charge is 2.21. The molecule has 1 saturated heterocycles. The summed E-state index contributed by atoms with van der Waals surface area (Å²) >= 11 is 3.44. The van der Waals surface area contributed by atoms with Crippen LogP contribution in [0.5, 0.6) is 0 Å². The lowest BCUT2D eigenvalue weighted by Crippen LogP contribution is -2.40. The van der Waals surface area contributed by atoms with Crippen molar-refractivity contribution in [2.24, 2.45) is 0 Å². The molecule has 1 N–H and O–H groups in total. The van der Waals surface area contributed by atoms with Gasteiger partial charge in [0.25, 0.3) is 0 Å². The zero-order valence-corrected chi connectivity index (χ0v) is 15.4. The van der Waals surface area contributed by atoms with Gasteiger partial charge in [-0.2, -0.15) is 10.1 Å². The van der Waals surface area contributed by atoms with E-state index in [2.05, 4.69) is 36.4 Å². The highest BCUT2D eigenvalue weighted by Crippen LogP contribution is 2.19. The van der Waals surface area contributed by atoms with Crippen LogP contribution in [0.3, 0.4) is 0 Å². The van der Waals surface area contributed by atoms with Crippen LogP contribution in [-0.4, -0.2) is 54.1 Å². The third kappa shape index (κ3) is 3.45. The predicted octanol–water partition coefficient (Wildman–Crippen LogP) is 1.62. The quantitative estimate of drug-likeness (QED) is 0.692. The molecule has 4 rings (SSSR count). The standard InChI is InChI=1S/C16H16BrN7O2/c17-13-2-1-5-24-15(13)20-16(21-24)19-11-8-18-23(9-11)10-14(26)22-6-3-12(25)4-7-22/h1-2,5,8-9H,3-4,6-7,10H2,(H,19,21). The number of anilines is 2. The number of pyridine rings is 1. The monoisotopic (exact) mass is 417 g/mol. The second kappa shape index (κ2) is 6.87. The van der Waals surface area contributed by atoms with Crippen molar-refractivity contribution in [3.8, 4) is 0 Å². The zero-order valence-electron chi connectivity index (χ0n) is 13.8. The number of carbonyl (C=O) groups is 2. The third-order valence-corrected chi connectivity index (χ3v) is 4.79. The molecule has 0 unspecified atom stereocenters. The number of Topliss-reactive ketones (excluding diaryl/α,β-unsaturated/α-hetero) is 1. The van der Waals surface area contributed by atoms with E-state index >= 15 is 0 Å². The summed E-state index contributed by atoms with van der Waals surface area (Å²) in [6.45, 7) is 1.12. The van der Waals surface area contributed by atoms with Crippen LogP contribution in [0.2, 0.25) is 0 Å². The zero-order chi connectivity index (χ0) is 18.1. The van der Waals surface area contributed by atoms with E-state index in [0.29, 0.717) is 43.2 Å². The summed E-state index contributed by atoms with van der Waals surface area (Å²) in [6, 6.07) is 3.76. The Morgan fingerprint density at radius 2 is 2.12 bits per heavy atom. The van der Waals surface area contributed by atoms with Crippen molar-refractivity contribution in [1.82, 2.24) is 29.3 Å². The highest BCUT2D eigenvalue weighted by atomic mass is 79.9. The van der Waals surface area contributed by atoms with E-state index in [1.807, 2.05) is 18.3 Å². The number of fused-ring (bicyclic) bond motifs is 1. The molecular formula is C16H16BrN7O2. The van der Waals surface area contributed by atoms with Crippen molar-refractivity contribution in [2.45, 2.75) is 19.4 Å². The lowest BCUT2D eigenvalue weighted by atomic mass is 10.1. The molecule has 0 aliphatic carbocycles. The first-order valence-corrected chi connectivity index (χ1v) is 8.97. The molecule has 3 aromatic rings. The largest absolute Gasteiger partial charge is 0.340 e. The minimum absolute atomic E-state index is 0.0399. The van der Waals surface area contributed by atoms with Crippen molar-refractivity contribution in [3.63, 3.8) is 0 Å². The average Bonchev–Trinajstić information content (AvgIpc) is 3.23. The normalized spacial score (nSPS) is 14.8. The Morgan fingerprint density at radius 3 is 2.88 bits per heavy atom. The van der Waals surface area contributed by atoms with Gasteiger partial charge in [-0.05, 0) is 28.1 Å². The molecule has 1 aliphatic heterocycles. The Balaban J connectivity index is 1.41. The van der Waals surface area contributed by atoms with Crippen LogP contribution in [0.25, 0.3) is 5.65 Å². The van der Waals surface area contributed by atoms with Gasteiger partial charge in [0.05, 0.1) is 16.4 Å². The van der Waals surface area contributed by atoms with Crippen LogP contribution in [0, 0.1) is 0 Å². The smallest absolute Gasteiger partial charge is 0.247 e. The highest BCUT2D eigenvalue weighted by molar-refractivity contribution is 9.10. The Bertz CT molecular complexity index is 970. The van der Waals surface area contributed by atoms with Crippen molar-refractivity contribution in [2.75, 3.05) is 18.4 Å².